The molecule has 3 rings (SSSR count). The molecule has 24 heavy (non-hydrogen) atoms. The van der Waals surface area contributed by atoms with Gasteiger partial charge in [0.2, 0.25) is 0 Å². The van der Waals surface area contributed by atoms with Crippen molar-refractivity contribution in [2.75, 3.05) is 0 Å². The maximum Gasteiger partial charge on any atom is 0.119 e. The topological polar surface area (TPSA) is 32.3 Å². The summed E-state index contributed by atoms with van der Waals surface area (Å²) in [5.41, 5.74) is 2.56. The quantitative estimate of drug-likeness (QED) is 0.781. The maximum atomic E-state index is 10.0. The van der Waals surface area contributed by atoms with Gasteiger partial charge < -0.3 is 10.4 Å². The largest absolute Gasteiger partial charge is 0.508 e. The number of hydrogen-bond acceptors (Lipinski definition) is 2. The van der Waals surface area contributed by atoms with Gasteiger partial charge in [0.1, 0.15) is 5.75 Å². The average Bonchev–Trinajstić information content (AvgIpc) is 2.62. The Morgan fingerprint density at radius 1 is 0.958 bits per heavy atom. The molecule has 1 saturated carbocycles. The van der Waals surface area contributed by atoms with Crippen LogP contribution in [-0.2, 0) is 6.42 Å². The highest BCUT2D eigenvalue weighted by Gasteiger charge is 2.24. The Kier molecular flexibility index (Phi) is 5.92. The van der Waals surface area contributed by atoms with Crippen LogP contribution in [0.5, 0.6) is 5.75 Å². The minimum absolute atomic E-state index is 0.463. The number of benzene rings is 2. The highest BCUT2D eigenvalue weighted by atomic mass is 16.3. The molecule has 0 saturated heterocycles. The van der Waals surface area contributed by atoms with Crippen molar-refractivity contribution in [1.82, 2.24) is 5.32 Å². The lowest BCUT2D eigenvalue weighted by Crippen LogP contribution is -2.39. The summed E-state index contributed by atoms with van der Waals surface area (Å²) < 4.78 is 0. The Labute approximate surface area is 145 Å². The molecule has 0 amide bonds. The van der Waals surface area contributed by atoms with Crippen molar-refractivity contribution in [3.05, 3.63) is 65.7 Å². The predicted molar refractivity (Wildman–Crippen MR) is 100 cm³/mol. The summed E-state index contributed by atoms with van der Waals surface area (Å²) in [6.45, 7) is 2.30. The molecule has 2 aromatic rings. The molecule has 2 aromatic carbocycles. The molecule has 0 heterocycles. The Morgan fingerprint density at radius 2 is 1.62 bits per heavy atom. The lowest BCUT2D eigenvalue weighted by molar-refractivity contribution is 0.310. The first-order valence-corrected chi connectivity index (χ1v) is 9.30. The first kappa shape index (κ1) is 17.0. The van der Waals surface area contributed by atoms with Gasteiger partial charge in [-0.25, -0.2) is 0 Å². The minimum atomic E-state index is 0.463. The molecule has 2 N–H and O–H groups in total. The van der Waals surface area contributed by atoms with Gasteiger partial charge in [0.05, 0.1) is 0 Å². The van der Waals surface area contributed by atoms with Crippen molar-refractivity contribution >= 4 is 0 Å². The summed E-state index contributed by atoms with van der Waals surface area (Å²) in [5, 5.41) is 13.8. The maximum absolute atomic E-state index is 10.0. The number of aryl methyl sites for hydroxylation is 1. The number of aromatic hydroxyl groups is 1. The van der Waals surface area contributed by atoms with Crippen LogP contribution in [0.15, 0.2) is 54.6 Å². The molecule has 1 fully saturated rings. The molecule has 2 heteroatoms. The van der Waals surface area contributed by atoms with Gasteiger partial charge in [-0.3, -0.25) is 0 Å². The molecule has 0 spiro atoms. The molecule has 0 aromatic heterocycles. The van der Waals surface area contributed by atoms with Gasteiger partial charge in [-0.15, -0.1) is 0 Å². The fourth-order valence-electron chi connectivity index (χ4n) is 3.92. The van der Waals surface area contributed by atoms with Gasteiger partial charge in [0, 0.05) is 12.1 Å². The number of rotatable bonds is 6. The number of phenolic OH excluding ortho intramolecular Hbond substituents is 1. The summed E-state index contributed by atoms with van der Waals surface area (Å²) in [6, 6.07) is 19.7. The van der Waals surface area contributed by atoms with Gasteiger partial charge in [-0.05, 0) is 68.6 Å². The molecular weight excluding hydrogens is 294 g/mol. The van der Waals surface area contributed by atoms with E-state index in [9.17, 15) is 5.11 Å². The Balaban J connectivity index is 1.43. The SMILES string of the molecule is C[C@H](CCc1ccccc1)NC1CCC(c2ccccc2O)CC1. The molecule has 1 aliphatic rings. The van der Waals surface area contributed by atoms with E-state index in [0.29, 0.717) is 23.8 Å². The van der Waals surface area contributed by atoms with Crippen LogP contribution in [0.1, 0.15) is 56.1 Å². The van der Waals surface area contributed by atoms with Crippen LogP contribution in [0.4, 0.5) is 0 Å². The van der Waals surface area contributed by atoms with E-state index in [-0.39, 0.29) is 0 Å². The van der Waals surface area contributed by atoms with Crippen LogP contribution in [0.2, 0.25) is 0 Å². The zero-order chi connectivity index (χ0) is 16.8. The summed E-state index contributed by atoms with van der Waals surface area (Å²) in [6.07, 6.45) is 7.07. The van der Waals surface area contributed by atoms with Crippen LogP contribution >= 0.6 is 0 Å². The lowest BCUT2D eigenvalue weighted by atomic mass is 9.81. The van der Waals surface area contributed by atoms with Gasteiger partial charge in [0.25, 0.3) is 0 Å². The van der Waals surface area contributed by atoms with E-state index in [0.717, 1.165) is 12.0 Å². The number of para-hydroxylation sites is 1. The number of phenols is 1. The van der Waals surface area contributed by atoms with Crippen LogP contribution in [0.25, 0.3) is 0 Å². The Hall–Kier alpha value is -1.80. The highest BCUT2D eigenvalue weighted by molar-refractivity contribution is 5.35. The third-order valence-electron chi connectivity index (χ3n) is 5.33. The first-order chi connectivity index (χ1) is 11.7. The second-order valence-corrected chi connectivity index (χ2v) is 7.20. The van der Waals surface area contributed by atoms with E-state index < -0.39 is 0 Å². The molecule has 2 nitrogen and oxygen atoms in total. The summed E-state index contributed by atoms with van der Waals surface area (Å²) in [7, 11) is 0. The highest BCUT2D eigenvalue weighted by Crippen LogP contribution is 2.37. The normalized spacial score (nSPS) is 22.2. The Bertz CT molecular complexity index is 617. The van der Waals surface area contributed by atoms with Crippen molar-refractivity contribution in [3.63, 3.8) is 0 Å². The van der Waals surface area contributed by atoms with Crippen LogP contribution < -0.4 is 5.32 Å². The summed E-state index contributed by atoms with van der Waals surface area (Å²) in [4.78, 5) is 0. The molecule has 0 radical (unpaired) electrons. The molecule has 128 valence electrons. The molecule has 0 aliphatic heterocycles. The second-order valence-electron chi connectivity index (χ2n) is 7.20. The van der Waals surface area contributed by atoms with Crippen molar-refractivity contribution in [1.29, 1.82) is 0 Å². The standard InChI is InChI=1S/C22H29NO/c1-17(11-12-18-7-3-2-4-8-18)23-20-15-13-19(14-16-20)21-9-5-6-10-22(21)24/h2-10,17,19-20,23-24H,11-16H2,1H3/t17-,19?,20?/m1/s1. The Morgan fingerprint density at radius 3 is 2.33 bits per heavy atom. The second kappa shape index (κ2) is 8.34. The van der Waals surface area contributed by atoms with E-state index in [1.807, 2.05) is 18.2 Å². The van der Waals surface area contributed by atoms with E-state index in [1.54, 1.807) is 0 Å². The fourth-order valence-corrected chi connectivity index (χ4v) is 3.92. The zero-order valence-corrected chi connectivity index (χ0v) is 14.6. The van der Waals surface area contributed by atoms with Crippen molar-refractivity contribution in [2.45, 2.75) is 63.5 Å². The fraction of sp³-hybridized carbons (Fsp3) is 0.455. The smallest absolute Gasteiger partial charge is 0.119 e. The number of hydrogen-bond donors (Lipinski definition) is 2. The summed E-state index contributed by atoms with van der Waals surface area (Å²) >= 11 is 0. The monoisotopic (exact) mass is 323 g/mol. The van der Waals surface area contributed by atoms with Crippen LogP contribution in [0.3, 0.4) is 0 Å². The van der Waals surface area contributed by atoms with Crippen LogP contribution in [-0.4, -0.2) is 17.2 Å². The van der Waals surface area contributed by atoms with Gasteiger partial charge in [-0.2, -0.15) is 0 Å². The lowest BCUT2D eigenvalue weighted by Gasteiger charge is -2.31. The van der Waals surface area contributed by atoms with Gasteiger partial charge >= 0.3 is 0 Å². The molecule has 1 atom stereocenters. The minimum Gasteiger partial charge on any atom is -0.508 e. The van der Waals surface area contributed by atoms with Crippen LogP contribution in [0, 0.1) is 0 Å². The molecule has 1 aliphatic carbocycles. The van der Waals surface area contributed by atoms with E-state index in [4.69, 9.17) is 0 Å². The third kappa shape index (κ3) is 4.61. The van der Waals surface area contributed by atoms with Crippen molar-refractivity contribution in [2.24, 2.45) is 0 Å². The van der Waals surface area contributed by atoms with Crippen molar-refractivity contribution < 1.29 is 5.11 Å². The molecular formula is C22H29NO. The zero-order valence-electron chi connectivity index (χ0n) is 14.6. The predicted octanol–water partition coefficient (Wildman–Crippen LogP) is 5.03. The summed E-state index contributed by atoms with van der Waals surface area (Å²) in [5.74, 6) is 0.981. The number of nitrogens with one attached hydrogen (secondary N) is 1. The van der Waals surface area contributed by atoms with Gasteiger partial charge in [-0.1, -0.05) is 48.5 Å². The van der Waals surface area contributed by atoms with Crippen molar-refractivity contribution in [3.8, 4) is 5.75 Å². The van der Waals surface area contributed by atoms with E-state index in [1.165, 1.54) is 37.7 Å². The van der Waals surface area contributed by atoms with Gasteiger partial charge in [0.15, 0.2) is 0 Å². The first-order valence-electron chi connectivity index (χ1n) is 9.30. The molecule has 0 bridgehead atoms. The molecule has 0 unspecified atom stereocenters. The van der Waals surface area contributed by atoms with E-state index in [2.05, 4.69) is 48.6 Å². The third-order valence-corrected chi connectivity index (χ3v) is 5.33. The average molecular weight is 323 g/mol. The van der Waals surface area contributed by atoms with E-state index >= 15 is 0 Å².